The Morgan fingerprint density at radius 2 is 1.86 bits per heavy atom. The first-order chi connectivity index (χ1) is 10.6. The molecule has 1 heterocycles. The highest BCUT2D eigenvalue weighted by Crippen LogP contribution is 2.23. The van der Waals surface area contributed by atoms with Crippen molar-refractivity contribution in [3.63, 3.8) is 0 Å². The van der Waals surface area contributed by atoms with Crippen LogP contribution in [0, 0.1) is 5.92 Å². The number of piperidine rings is 1. The molecule has 1 aromatic rings. The van der Waals surface area contributed by atoms with Crippen molar-refractivity contribution in [3.05, 3.63) is 35.9 Å². The predicted molar refractivity (Wildman–Crippen MR) is 85.6 cm³/mol. The quantitative estimate of drug-likeness (QED) is 0.744. The van der Waals surface area contributed by atoms with Crippen LogP contribution in [0.5, 0.6) is 0 Å². The number of hydrogen-bond acceptors (Lipinski definition) is 3. The molecule has 4 nitrogen and oxygen atoms in total. The van der Waals surface area contributed by atoms with E-state index in [-0.39, 0.29) is 11.3 Å². The van der Waals surface area contributed by atoms with E-state index in [1.54, 1.807) is 4.90 Å². The minimum absolute atomic E-state index is 0.238. The Hall–Kier alpha value is -1.55. The van der Waals surface area contributed by atoms with Crippen LogP contribution in [-0.2, 0) is 16.1 Å². The first-order valence-corrected chi connectivity index (χ1v) is 8.17. The molecule has 120 valence electrons. The number of rotatable bonds is 6. The predicted octanol–water partition coefficient (Wildman–Crippen LogP) is 3.97. The number of halogens is 1. The maximum Gasteiger partial charge on any atom is 0.410 e. The molecule has 5 heteroatoms. The van der Waals surface area contributed by atoms with E-state index in [0.29, 0.717) is 18.9 Å². The summed E-state index contributed by atoms with van der Waals surface area (Å²) in [4.78, 5) is 24.5. The second-order valence-corrected chi connectivity index (χ2v) is 6.14. The van der Waals surface area contributed by atoms with Crippen LogP contribution in [0.25, 0.3) is 0 Å². The van der Waals surface area contributed by atoms with Gasteiger partial charge in [0.15, 0.2) is 0 Å². The molecule has 0 aromatic heterocycles. The number of ether oxygens (including phenoxy) is 1. The largest absolute Gasteiger partial charge is 0.445 e. The maximum atomic E-state index is 12.0. The Labute approximate surface area is 136 Å². The monoisotopic (exact) mass is 323 g/mol. The lowest BCUT2D eigenvalue weighted by atomic mass is 9.92. The van der Waals surface area contributed by atoms with Crippen molar-refractivity contribution in [2.45, 2.75) is 38.7 Å². The van der Waals surface area contributed by atoms with Crippen molar-refractivity contribution in [1.82, 2.24) is 4.90 Å². The standard InChI is InChI=1S/C17H22ClNO3/c18-16(20)8-4-7-14-9-11-19(12-10-14)17(21)22-13-15-5-2-1-3-6-15/h1-3,5-6,14H,4,7-13H2. The van der Waals surface area contributed by atoms with Gasteiger partial charge >= 0.3 is 6.09 Å². The fraction of sp³-hybridized carbons (Fsp3) is 0.529. The van der Waals surface area contributed by atoms with Gasteiger partial charge in [-0.3, -0.25) is 4.79 Å². The number of carbonyl (C=O) groups is 2. The van der Waals surface area contributed by atoms with Crippen LogP contribution in [-0.4, -0.2) is 29.3 Å². The Kier molecular flexibility index (Phi) is 6.72. The van der Waals surface area contributed by atoms with Crippen molar-refractivity contribution >= 4 is 22.9 Å². The SMILES string of the molecule is O=C(Cl)CCCC1CCN(C(=O)OCc2ccccc2)CC1. The summed E-state index contributed by atoms with van der Waals surface area (Å²) in [6.45, 7) is 1.78. The van der Waals surface area contributed by atoms with E-state index < -0.39 is 0 Å². The number of carbonyl (C=O) groups excluding carboxylic acids is 2. The van der Waals surface area contributed by atoms with Crippen molar-refractivity contribution < 1.29 is 14.3 Å². The lowest BCUT2D eigenvalue weighted by Crippen LogP contribution is -2.38. The topological polar surface area (TPSA) is 46.6 Å². The summed E-state index contributed by atoms with van der Waals surface area (Å²) in [6, 6.07) is 9.68. The van der Waals surface area contributed by atoms with E-state index in [0.717, 1.165) is 44.3 Å². The zero-order chi connectivity index (χ0) is 15.8. The lowest BCUT2D eigenvalue weighted by Gasteiger charge is -2.31. The van der Waals surface area contributed by atoms with Crippen molar-refractivity contribution in [2.75, 3.05) is 13.1 Å². The van der Waals surface area contributed by atoms with Crippen LogP contribution in [0.4, 0.5) is 4.79 Å². The molecular formula is C17H22ClNO3. The van der Waals surface area contributed by atoms with E-state index in [1.165, 1.54) is 0 Å². The van der Waals surface area contributed by atoms with E-state index in [4.69, 9.17) is 16.3 Å². The Balaban J connectivity index is 1.65. The minimum atomic E-state index is -0.262. The molecule has 0 bridgehead atoms. The van der Waals surface area contributed by atoms with Crippen LogP contribution in [0.2, 0.25) is 0 Å². The van der Waals surface area contributed by atoms with Crippen LogP contribution >= 0.6 is 11.6 Å². The molecule has 0 radical (unpaired) electrons. The van der Waals surface area contributed by atoms with Crippen LogP contribution in [0.15, 0.2) is 30.3 Å². The molecule has 1 fully saturated rings. The molecule has 1 aromatic carbocycles. The maximum absolute atomic E-state index is 12.0. The molecule has 0 spiro atoms. The van der Waals surface area contributed by atoms with Gasteiger partial charge in [-0.1, -0.05) is 30.3 Å². The molecule has 1 aliphatic heterocycles. The van der Waals surface area contributed by atoms with E-state index in [2.05, 4.69) is 0 Å². The van der Waals surface area contributed by atoms with Gasteiger partial charge in [-0.2, -0.15) is 0 Å². The molecule has 0 N–H and O–H groups in total. The number of nitrogens with zero attached hydrogens (tertiary/aromatic N) is 1. The Bertz CT molecular complexity index is 484. The van der Waals surface area contributed by atoms with Gasteiger partial charge in [0.05, 0.1) is 0 Å². The summed E-state index contributed by atoms with van der Waals surface area (Å²) in [5, 5.41) is -0.262. The first kappa shape index (κ1) is 16.8. The smallest absolute Gasteiger partial charge is 0.410 e. The van der Waals surface area contributed by atoms with Gasteiger partial charge in [-0.15, -0.1) is 0 Å². The lowest BCUT2D eigenvalue weighted by molar-refractivity contribution is -0.111. The fourth-order valence-electron chi connectivity index (χ4n) is 2.74. The van der Waals surface area contributed by atoms with Crippen molar-refractivity contribution in [2.24, 2.45) is 5.92 Å². The fourth-order valence-corrected chi connectivity index (χ4v) is 2.88. The van der Waals surface area contributed by atoms with E-state index >= 15 is 0 Å². The third-order valence-corrected chi connectivity index (χ3v) is 4.25. The number of likely N-dealkylation sites (tertiary alicyclic amines) is 1. The van der Waals surface area contributed by atoms with Crippen LogP contribution in [0.3, 0.4) is 0 Å². The number of benzene rings is 1. The molecule has 1 amide bonds. The number of amides is 1. The third kappa shape index (κ3) is 5.68. The van der Waals surface area contributed by atoms with Crippen molar-refractivity contribution in [3.8, 4) is 0 Å². The summed E-state index contributed by atoms with van der Waals surface area (Å²) >= 11 is 5.34. The molecule has 0 saturated carbocycles. The molecule has 0 unspecified atom stereocenters. The van der Waals surface area contributed by atoms with Gasteiger partial charge in [0, 0.05) is 19.5 Å². The summed E-state index contributed by atoms with van der Waals surface area (Å²) < 4.78 is 5.34. The van der Waals surface area contributed by atoms with E-state index in [9.17, 15) is 9.59 Å². The second kappa shape index (κ2) is 8.79. The molecular weight excluding hydrogens is 302 g/mol. The minimum Gasteiger partial charge on any atom is -0.445 e. The zero-order valence-electron chi connectivity index (χ0n) is 12.7. The summed E-state index contributed by atoms with van der Waals surface area (Å²) in [7, 11) is 0. The normalized spacial score (nSPS) is 15.6. The highest BCUT2D eigenvalue weighted by Gasteiger charge is 2.23. The van der Waals surface area contributed by atoms with Crippen molar-refractivity contribution in [1.29, 1.82) is 0 Å². The van der Waals surface area contributed by atoms with Gasteiger partial charge in [0.25, 0.3) is 0 Å². The average Bonchev–Trinajstić information content (AvgIpc) is 2.54. The number of hydrogen-bond donors (Lipinski definition) is 0. The second-order valence-electron chi connectivity index (χ2n) is 5.72. The molecule has 0 atom stereocenters. The van der Waals surface area contributed by atoms with Gasteiger partial charge in [-0.05, 0) is 48.8 Å². The molecule has 2 rings (SSSR count). The summed E-state index contributed by atoms with van der Waals surface area (Å²) in [6.07, 6.45) is 3.99. The highest BCUT2D eigenvalue weighted by atomic mass is 35.5. The van der Waals surface area contributed by atoms with Gasteiger partial charge in [-0.25, -0.2) is 4.79 Å². The summed E-state index contributed by atoms with van der Waals surface area (Å²) in [5.41, 5.74) is 0.997. The van der Waals surface area contributed by atoms with Crippen LogP contribution in [0.1, 0.15) is 37.7 Å². The van der Waals surface area contributed by atoms with Gasteiger partial charge in [0.1, 0.15) is 6.61 Å². The third-order valence-electron chi connectivity index (χ3n) is 4.06. The van der Waals surface area contributed by atoms with Gasteiger partial charge < -0.3 is 9.64 Å². The van der Waals surface area contributed by atoms with E-state index in [1.807, 2.05) is 30.3 Å². The molecule has 1 aliphatic rings. The Morgan fingerprint density at radius 3 is 2.50 bits per heavy atom. The first-order valence-electron chi connectivity index (χ1n) is 7.79. The molecule has 22 heavy (non-hydrogen) atoms. The zero-order valence-corrected chi connectivity index (χ0v) is 13.4. The van der Waals surface area contributed by atoms with Gasteiger partial charge in [0.2, 0.25) is 5.24 Å². The Morgan fingerprint density at radius 1 is 1.18 bits per heavy atom. The molecule has 1 saturated heterocycles. The molecule has 0 aliphatic carbocycles. The van der Waals surface area contributed by atoms with Crippen LogP contribution < -0.4 is 0 Å². The summed E-state index contributed by atoms with van der Waals surface area (Å²) in [5.74, 6) is 0.578. The highest BCUT2D eigenvalue weighted by molar-refractivity contribution is 6.63. The average molecular weight is 324 g/mol.